The number of fused-ring (bicyclic) bond motifs is 1. The van der Waals surface area contributed by atoms with Crippen LogP contribution < -0.4 is 21.5 Å². The van der Waals surface area contributed by atoms with Gasteiger partial charge in [0.25, 0.3) is 5.56 Å². The van der Waals surface area contributed by atoms with Crippen molar-refractivity contribution in [1.82, 2.24) is 15.0 Å². The Kier molecular flexibility index (Phi) is 4.80. The van der Waals surface area contributed by atoms with Crippen molar-refractivity contribution in [2.24, 2.45) is 0 Å². The van der Waals surface area contributed by atoms with Crippen LogP contribution in [0.4, 0.5) is 17.5 Å². The van der Waals surface area contributed by atoms with Crippen LogP contribution in [0.5, 0.6) is 0 Å². The molecule has 0 aliphatic carbocycles. The van der Waals surface area contributed by atoms with Crippen molar-refractivity contribution in [3.05, 3.63) is 51.4 Å². The Balaban J connectivity index is 1.85. The largest absolute Gasteiger partial charge is 0.384 e. The van der Waals surface area contributed by atoms with Crippen LogP contribution in [0.15, 0.2) is 35.3 Å². The number of nitrogens with zero attached hydrogens (tertiary/aromatic N) is 2. The van der Waals surface area contributed by atoms with Crippen LogP contribution in [0, 0.1) is 0 Å². The van der Waals surface area contributed by atoms with E-state index < -0.39 is 0 Å². The second-order valence-corrected chi connectivity index (χ2v) is 5.61. The van der Waals surface area contributed by atoms with Gasteiger partial charge in [0.15, 0.2) is 5.82 Å². The summed E-state index contributed by atoms with van der Waals surface area (Å²) in [7, 11) is 1.70. The van der Waals surface area contributed by atoms with Crippen LogP contribution >= 0.6 is 11.6 Å². The standard InChI is InChI=1S/C16H15ClN6O2/c1-18-13-7-20-16(23-14(13)21-8-24)19-6-10-4-9-5-11(17)2-3-12(9)22-15(10)25/h2-5,7-8,18H,6H2,1H3,(H,22,25)(H2,19,20,21,23,24). The lowest BCUT2D eigenvalue weighted by Gasteiger charge is -2.10. The average Bonchev–Trinajstić information content (AvgIpc) is 2.61. The molecular weight excluding hydrogens is 344 g/mol. The highest BCUT2D eigenvalue weighted by atomic mass is 35.5. The number of rotatable bonds is 6. The van der Waals surface area contributed by atoms with Crippen molar-refractivity contribution in [3.8, 4) is 0 Å². The molecule has 3 rings (SSSR count). The van der Waals surface area contributed by atoms with Crippen LogP contribution in [0.25, 0.3) is 10.9 Å². The number of hydrogen-bond donors (Lipinski definition) is 4. The van der Waals surface area contributed by atoms with Gasteiger partial charge in [-0.1, -0.05) is 11.6 Å². The van der Waals surface area contributed by atoms with Gasteiger partial charge < -0.3 is 20.9 Å². The SMILES string of the molecule is CNc1cnc(NCc2cc3cc(Cl)ccc3[nH]c2=O)nc1NC=O. The van der Waals surface area contributed by atoms with Gasteiger partial charge in [-0.3, -0.25) is 9.59 Å². The zero-order valence-electron chi connectivity index (χ0n) is 13.3. The Morgan fingerprint density at radius 3 is 2.92 bits per heavy atom. The minimum absolute atomic E-state index is 0.208. The molecule has 2 heterocycles. The van der Waals surface area contributed by atoms with E-state index in [-0.39, 0.29) is 18.1 Å². The summed E-state index contributed by atoms with van der Waals surface area (Å²) in [6.45, 7) is 0.219. The van der Waals surface area contributed by atoms with E-state index in [0.29, 0.717) is 34.0 Å². The topological polar surface area (TPSA) is 112 Å². The molecule has 0 saturated heterocycles. The summed E-state index contributed by atoms with van der Waals surface area (Å²) in [6, 6.07) is 7.02. The van der Waals surface area contributed by atoms with Crippen molar-refractivity contribution >= 4 is 46.4 Å². The maximum Gasteiger partial charge on any atom is 0.253 e. The molecule has 4 N–H and O–H groups in total. The van der Waals surface area contributed by atoms with Crippen molar-refractivity contribution in [1.29, 1.82) is 0 Å². The number of H-pyrrole nitrogens is 1. The number of aromatic nitrogens is 3. The van der Waals surface area contributed by atoms with Gasteiger partial charge in [0.05, 0.1) is 11.9 Å². The maximum atomic E-state index is 12.2. The fraction of sp³-hybridized carbons (Fsp3) is 0.125. The monoisotopic (exact) mass is 358 g/mol. The van der Waals surface area contributed by atoms with E-state index in [1.165, 1.54) is 6.20 Å². The zero-order chi connectivity index (χ0) is 17.8. The highest BCUT2D eigenvalue weighted by molar-refractivity contribution is 6.31. The summed E-state index contributed by atoms with van der Waals surface area (Å²) in [6.07, 6.45) is 2.07. The maximum absolute atomic E-state index is 12.2. The number of amides is 1. The van der Waals surface area contributed by atoms with E-state index in [1.807, 2.05) is 0 Å². The van der Waals surface area contributed by atoms with Crippen molar-refractivity contribution < 1.29 is 4.79 Å². The average molecular weight is 359 g/mol. The molecule has 8 nitrogen and oxygen atoms in total. The quantitative estimate of drug-likeness (QED) is 0.502. The second-order valence-electron chi connectivity index (χ2n) is 5.18. The Morgan fingerprint density at radius 1 is 1.32 bits per heavy atom. The molecule has 0 radical (unpaired) electrons. The fourth-order valence-electron chi connectivity index (χ4n) is 2.34. The number of hydrogen-bond acceptors (Lipinski definition) is 6. The normalized spacial score (nSPS) is 10.5. The van der Waals surface area contributed by atoms with Gasteiger partial charge in [-0.05, 0) is 24.3 Å². The smallest absolute Gasteiger partial charge is 0.253 e. The minimum Gasteiger partial charge on any atom is -0.384 e. The van der Waals surface area contributed by atoms with Crippen molar-refractivity contribution in [3.63, 3.8) is 0 Å². The Bertz CT molecular complexity index is 988. The molecule has 0 bridgehead atoms. The molecule has 128 valence electrons. The molecule has 1 amide bonds. The molecule has 0 fully saturated rings. The summed E-state index contributed by atoms with van der Waals surface area (Å²) in [5.41, 5.74) is 1.60. The van der Waals surface area contributed by atoms with Crippen LogP contribution in [0.3, 0.4) is 0 Å². The summed E-state index contributed by atoms with van der Waals surface area (Å²) in [5.74, 6) is 0.628. The minimum atomic E-state index is -0.208. The summed E-state index contributed by atoms with van der Waals surface area (Å²) in [4.78, 5) is 34.0. The number of nitrogens with one attached hydrogen (secondary N) is 4. The summed E-state index contributed by atoms with van der Waals surface area (Å²) < 4.78 is 0. The van der Waals surface area contributed by atoms with Gasteiger partial charge in [-0.25, -0.2) is 4.98 Å². The third kappa shape index (κ3) is 3.69. The van der Waals surface area contributed by atoms with Gasteiger partial charge in [-0.2, -0.15) is 4.98 Å². The first-order valence-corrected chi connectivity index (χ1v) is 7.79. The van der Waals surface area contributed by atoms with Crippen LogP contribution in [0.2, 0.25) is 5.02 Å². The molecule has 0 unspecified atom stereocenters. The number of aromatic amines is 1. The van der Waals surface area contributed by atoms with E-state index >= 15 is 0 Å². The zero-order valence-corrected chi connectivity index (χ0v) is 14.0. The molecule has 2 aromatic heterocycles. The van der Waals surface area contributed by atoms with Crippen molar-refractivity contribution in [2.75, 3.05) is 23.0 Å². The van der Waals surface area contributed by atoms with E-state index in [1.54, 1.807) is 31.3 Å². The third-order valence-corrected chi connectivity index (χ3v) is 3.81. The van der Waals surface area contributed by atoms with Gasteiger partial charge in [0.2, 0.25) is 12.4 Å². The highest BCUT2D eigenvalue weighted by Gasteiger charge is 2.08. The molecular formula is C16H15ClN6O2. The van der Waals surface area contributed by atoms with Crippen LogP contribution in [-0.2, 0) is 11.3 Å². The Labute approximate surface area is 147 Å². The van der Waals surface area contributed by atoms with Gasteiger partial charge >= 0.3 is 0 Å². The molecule has 25 heavy (non-hydrogen) atoms. The summed E-state index contributed by atoms with van der Waals surface area (Å²) in [5, 5.41) is 9.76. The lowest BCUT2D eigenvalue weighted by molar-refractivity contribution is -0.105. The highest BCUT2D eigenvalue weighted by Crippen LogP contribution is 2.19. The molecule has 0 spiro atoms. The van der Waals surface area contributed by atoms with E-state index in [2.05, 4.69) is 30.9 Å². The van der Waals surface area contributed by atoms with Gasteiger partial charge in [-0.15, -0.1) is 0 Å². The van der Waals surface area contributed by atoms with E-state index in [4.69, 9.17) is 11.6 Å². The van der Waals surface area contributed by atoms with Gasteiger partial charge in [0, 0.05) is 35.1 Å². The first-order valence-electron chi connectivity index (χ1n) is 7.41. The van der Waals surface area contributed by atoms with Crippen LogP contribution in [0.1, 0.15) is 5.56 Å². The number of benzene rings is 1. The van der Waals surface area contributed by atoms with Crippen molar-refractivity contribution in [2.45, 2.75) is 6.54 Å². The lowest BCUT2D eigenvalue weighted by Crippen LogP contribution is -2.16. The second kappa shape index (κ2) is 7.18. The Morgan fingerprint density at radius 2 is 2.16 bits per heavy atom. The fourth-order valence-corrected chi connectivity index (χ4v) is 2.52. The third-order valence-electron chi connectivity index (χ3n) is 3.57. The molecule has 0 aliphatic heterocycles. The number of carbonyl (C=O) groups is 1. The number of anilines is 3. The number of pyridine rings is 1. The predicted octanol–water partition coefficient (Wildman–Crippen LogP) is 2.19. The lowest BCUT2D eigenvalue weighted by atomic mass is 10.1. The Hall–Kier alpha value is -3.13. The molecule has 0 atom stereocenters. The number of carbonyl (C=O) groups excluding carboxylic acids is 1. The first kappa shape index (κ1) is 16.7. The molecule has 9 heteroatoms. The predicted molar refractivity (Wildman–Crippen MR) is 98.2 cm³/mol. The molecule has 0 saturated carbocycles. The summed E-state index contributed by atoms with van der Waals surface area (Å²) >= 11 is 5.99. The van der Waals surface area contributed by atoms with E-state index in [9.17, 15) is 9.59 Å². The number of halogens is 1. The van der Waals surface area contributed by atoms with E-state index in [0.717, 1.165) is 5.39 Å². The van der Waals surface area contributed by atoms with Crippen LogP contribution in [-0.4, -0.2) is 28.4 Å². The molecule has 0 aliphatic rings. The molecule has 1 aromatic carbocycles. The molecule has 3 aromatic rings. The van der Waals surface area contributed by atoms with Gasteiger partial charge in [0.1, 0.15) is 0 Å². The first-order chi connectivity index (χ1) is 12.1.